The van der Waals surface area contributed by atoms with Gasteiger partial charge < -0.3 is 14.2 Å². The van der Waals surface area contributed by atoms with Crippen LogP contribution >= 0.6 is 0 Å². The van der Waals surface area contributed by atoms with Crippen LogP contribution in [0.4, 0.5) is 0 Å². The summed E-state index contributed by atoms with van der Waals surface area (Å²) in [4.78, 5) is 0. The van der Waals surface area contributed by atoms with Gasteiger partial charge in [-0.05, 0) is 37.1 Å². The molecule has 0 aromatic heterocycles. The molecule has 2 aromatic carbocycles. The molecule has 0 saturated carbocycles. The smallest absolute Gasteiger partial charge is 0.118 e. The maximum absolute atomic E-state index is 6.26. The Labute approximate surface area is 163 Å². The fourth-order valence-corrected chi connectivity index (χ4v) is 3.06. The van der Waals surface area contributed by atoms with Crippen molar-refractivity contribution in [3.05, 3.63) is 65.7 Å². The van der Waals surface area contributed by atoms with Crippen LogP contribution in [0.25, 0.3) is 0 Å². The van der Waals surface area contributed by atoms with Crippen molar-refractivity contribution in [2.75, 3.05) is 13.7 Å². The Bertz CT molecular complexity index is 713. The van der Waals surface area contributed by atoms with Gasteiger partial charge in [-0.25, -0.2) is 0 Å². The predicted molar refractivity (Wildman–Crippen MR) is 109 cm³/mol. The van der Waals surface area contributed by atoms with Crippen LogP contribution in [0.15, 0.2) is 54.6 Å². The van der Waals surface area contributed by atoms with Crippen LogP contribution in [0.2, 0.25) is 0 Å². The van der Waals surface area contributed by atoms with Crippen molar-refractivity contribution in [3.63, 3.8) is 0 Å². The fourth-order valence-electron chi connectivity index (χ4n) is 3.06. The van der Waals surface area contributed by atoms with Crippen molar-refractivity contribution in [1.29, 1.82) is 0 Å². The Morgan fingerprint density at radius 3 is 2.19 bits per heavy atom. The lowest BCUT2D eigenvalue weighted by Crippen LogP contribution is -2.31. The van der Waals surface area contributed by atoms with E-state index in [1.54, 1.807) is 7.11 Å². The van der Waals surface area contributed by atoms with Crippen LogP contribution in [0.1, 0.15) is 31.9 Å². The molecule has 2 rings (SSSR count). The Morgan fingerprint density at radius 1 is 0.889 bits per heavy atom. The quantitative estimate of drug-likeness (QED) is 0.548. The molecule has 0 amide bonds. The third-order valence-electron chi connectivity index (χ3n) is 4.52. The van der Waals surface area contributed by atoms with Gasteiger partial charge in [0.2, 0.25) is 0 Å². The lowest BCUT2D eigenvalue weighted by Gasteiger charge is -2.27. The molecular formula is C24H30O3. The molecule has 0 radical (unpaired) electrons. The van der Waals surface area contributed by atoms with E-state index < -0.39 is 0 Å². The molecule has 0 aliphatic rings. The van der Waals surface area contributed by atoms with Crippen molar-refractivity contribution in [2.45, 2.75) is 40.1 Å². The van der Waals surface area contributed by atoms with Crippen LogP contribution in [0, 0.1) is 23.7 Å². The predicted octanol–water partition coefficient (Wildman–Crippen LogP) is 5.09. The zero-order chi connectivity index (χ0) is 19.5. The van der Waals surface area contributed by atoms with E-state index in [2.05, 4.69) is 37.8 Å². The highest BCUT2D eigenvalue weighted by atomic mass is 16.5. The summed E-state index contributed by atoms with van der Waals surface area (Å²) in [6.45, 7) is 7.95. The molecule has 0 N–H and O–H groups in total. The maximum Gasteiger partial charge on any atom is 0.118 e. The van der Waals surface area contributed by atoms with Crippen molar-refractivity contribution in [2.24, 2.45) is 11.8 Å². The van der Waals surface area contributed by atoms with E-state index in [0.29, 0.717) is 19.8 Å². The van der Waals surface area contributed by atoms with E-state index >= 15 is 0 Å². The van der Waals surface area contributed by atoms with Crippen LogP contribution in [0.5, 0.6) is 5.75 Å². The molecule has 0 unspecified atom stereocenters. The third kappa shape index (κ3) is 7.09. The number of hydrogen-bond donors (Lipinski definition) is 0. The van der Waals surface area contributed by atoms with E-state index in [1.165, 1.54) is 5.56 Å². The van der Waals surface area contributed by atoms with Gasteiger partial charge in [-0.1, -0.05) is 55.3 Å². The summed E-state index contributed by atoms with van der Waals surface area (Å²) < 4.78 is 17.4. The summed E-state index contributed by atoms with van der Waals surface area (Å²) in [5, 5.41) is 0. The van der Waals surface area contributed by atoms with Gasteiger partial charge in [-0.2, -0.15) is 0 Å². The molecule has 0 bridgehead atoms. The molecule has 0 aliphatic carbocycles. The topological polar surface area (TPSA) is 27.7 Å². The van der Waals surface area contributed by atoms with Gasteiger partial charge in [0.25, 0.3) is 0 Å². The molecule has 2 aromatic rings. The number of methoxy groups -OCH3 is 1. The molecule has 3 nitrogen and oxygen atoms in total. The Kier molecular flexibility index (Phi) is 8.91. The van der Waals surface area contributed by atoms with Gasteiger partial charge in [0.15, 0.2) is 0 Å². The second kappa shape index (κ2) is 11.4. The number of ether oxygens (including phenoxy) is 3. The van der Waals surface area contributed by atoms with Gasteiger partial charge in [-0.3, -0.25) is 0 Å². The SMILES string of the molecule is CC#C[C@H](C)[C@H](OCc1ccc(OC)cc1)[C@H](C)COCc1ccccc1. The lowest BCUT2D eigenvalue weighted by atomic mass is 9.94. The normalized spacial score (nSPS) is 13.9. The first-order valence-corrected chi connectivity index (χ1v) is 9.42. The largest absolute Gasteiger partial charge is 0.497 e. The minimum Gasteiger partial charge on any atom is -0.497 e. The average Bonchev–Trinajstić information content (AvgIpc) is 2.69. The zero-order valence-electron chi connectivity index (χ0n) is 16.8. The molecule has 0 saturated heterocycles. The Balaban J connectivity index is 1.91. The number of hydrogen-bond acceptors (Lipinski definition) is 3. The standard InChI is InChI=1S/C24H30O3/c1-5-9-19(2)24(27-18-22-12-14-23(25-4)15-13-22)20(3)16-26-17-21-10-7-6-8-11-21/h6-8,10-15,19-20,24H,16-18H2,1-4H3/t19-,20+,24-/m0/s1. The second-order valence-electron chi connectivity index (χ2n) is 6.78. The van der Waals surface area contributed by atoms with Crippen molar-refractivity contribution in [1.82, 2.24) is 0 Å². The van der Waals surface area contributed by atoms with Gasteiger partial charge in [0.1, 0.15) is 5.75 Å². The third-order valence-corrected chi connectivity index (χ3v) is 4.52. The zero-order valence-corrected chi connectivity index (χ0v) is 16.8. The summed E-state index contributed by atoms with van der Waals surface area (Å²) in [6.07, 6.45) is 0.00956. The highest BCUT2D eigenvalue weighted by Gasteiger charge is 2.24. The summed E-state index contributed by atoms with van der Waals surface area (Å²) in [7, 11) is 1.67. The first kappa shape index (κ1) is 21.0. The van der Waals surface area contributed by atoms with Crippen LogP contribution in [0.3, 0.4) is 0 Å². The van der Waals surface area contributed by atoms with Crippen LogP contribution in [-0.4, -0.2) is 19.8 Å². The van der Waals surface area contributed by atoms with Gasteiger partial charge in [0.05, 0.1) is 33.0 Å². The highest BCUT2D eigenvalue weighted by Crippen LogP contribution is 2.21. The monoisotopic (exact) mass is 366 g/mol. The Morgan fingerprint density at radius 2 is 1.56 bits per heavy atom. The second-order valence-corrected chi connectivity index (χ2v) is 6.78. The summed E-state index contributed by atoms with van der Waals surface area (Å²) in [6, 6.07) is 18.2. The highest BCUT2D eigenvalue weighted by molar-refractivity contribution is 5.26. The van der Waals surface area contributed by atoms with Gasteiger partial charge in [-0.15, -0.1) is 5.92 Å². The first-order chi connectivity index (χ1) is 13.1. The average molecular weight is 367 g/mol. The maximum atomic E-state index is 6.26. The molecule has 0 spiro atoms. The molecule has 0 aliphatic heterocycles. The molecule has 27 heavy (non-hydrogen) atoms. The van der Waals surface area contributed by atoms with E-state index in [0.717, 1.165) is 11.3 Å². The van der Waals surface area contributed by atoms with Crippen molar-refractivity contribution >= 4 is 0 Å². The molecule has 0 fully saturated rings. The van der Waals surface area contributed by atoms with E-state index in [9.17, 15) is 0 Å². The van der Waals surface area contributed by atoms with Crippen molar-refractivity contribution in [3.8, 4) is 17.6 Å². The lowest BCUT2D eigenvalue weighted by molar-refractivity contribution is -0.0437. The molecule has 3 heteroatoms. The number of rotatable bonds is 10. The van der Waals surface area contributed by atoms with Crippen LogP contribution in [-0.2, 0) is 22.7 Å². The molecule has 3 atom stereocenters. The number of benzene rings is 2. The minimum absolute atomic E-state index is 0.00956. The fraction of sp³-hybridized carbons (Fsp3) is 0.417. The van der Waals surface area contributed by atoms with Gasteiger partial charge in [0, 0.05) is 11.8 Å². The molecule has 0 heterocycles. The van der Waals surface area contributed by atoms with Crippen molar-refractivity contribution < 1.29 is 14.2 Å². The summed E-state index contributed by atoms with van der Waals surface area (Å²) in [5.41, 5.74) is 2.30. The molecular weight excluding hydrogens is 336 g/mol. The van der Waals surface area contributed by atoms with E-state index in [-0.39, 0.29) is 17.9 Å². The first-order valence-electron chi connectivity index (χ1n) is 9.42. The van der Waals surface area contributed by atoms with Gasteiger partial charge >= 0.3 is 0 Å². The summed E-state index contributed by atoms with van der Waals surface area (Å²) >= 11 is 0. The molecule has 144 valence electrons. The summed E-state index contributed by atoms with van der Waals surface area (Å²) in [5.74, 6) is 7.48. The van der Waals surface area contributed by atoms with E-state index in [4.69, 9.17) is 14.2 Å². The van der Waals surface area contributed by atoms with Crippen LogP contribution < -0.4 is 4.74 Å². The minimum atomic E-state index is 0.00956. The van der Waals surface area contributed by atoms with E-state index in [1.807, 2.05) is 49.4 Å². The Hall–Kier alpha value is -2.28.